The maximum absolute atomic E-state index is 13.4. The van der Waals surface area contributed by atoms with Gasteiger partial charge >= 0.3 is 0 Å². The first kappa shape index (κ1) is 20.4. The number of carbonyl (C=O) groups is 2. The molecule has 0 spiro atoms. The Labute approximate surface area is 177 Å². The molecule has 2 amide bonds. The molecule has 1 atom stereocenters. The number of halogens is 2. The molecule has 0 aliphatic heterocycles. The Morgan fingerprint density at radius 3 is 2.67 bits per heavy atom. The van der Waals surface area contributed by atoms with Gasteiger partial charge in [0.05, 0.1) is 18.3 Å². The second-order valence-corrected chi connectivity index (χ2v) is 8.14. The lowest BCUT2D eigenvalue weighted by atomic mass is 9.76. The Bertz CT molecular complexity index is 963. The predicted octanol–water partition coefficient (Wildman–Crippen LogP) is 2.73. The zero-order valence-electron chi connectivity index (χ0n) is 16.3. The topological polar surface area (TPSA) is 89.6 Å². The van der Waals surface area contributed by atoms with E-state index < -0.39 is 5.82 Å². The number of nitrogens with zero attached hydrogens (tertiary/aromatic N) is 1. The molecule has 2 bridgehead atoms. The van der Waals surface area contributed by atoms with Crippen molar-refractivity contribution in [2.24, 2.45) is 5.92 Å². The van der Waals surface area contributed by atoms with Gasteiger partial charge in [-0.05, 0) is 49.4 Å². The number of pyridine rings is 1. The molecule has 1 aromatic heterocycles. The number of amides is 2. The van der Waals surface area contributed by atoms with Gasteiger partial charge in [-0.3, -0.25) is 9.59 Å². The van der Waals surface area contributed by atoms with E-state index in [2.05, 4.69) is 15.6 Å². The van der Waals surface area contributed by atoms with Gasteiger partial charge in [-0.25, -0.2) is 9.37 Å². The number of aromatic nitrogens is 1. The average molecular weight is 434 g/mol. The van der Waals surface area contributed by atoms with E-state index in [9.17, 15) is 14.0 Å². The minimum absolute atomic E-state index is 0.00455. The van der Waals surface area contributed by atoms with Crippen molar-refractivity contribution in [1.82, 2.24) is 15.6 Å². The number of methoxy groups -OCH3 is 1. The largest absolute Gasteiger partial charge is 0.495 e. The van der Waals surface area contributed by atoms with E-state index in [1.807, 2.05) is 0 Å². The van der Waals surface area contributed by atoms with Gasteiger partial charge in [0.15, 0.2) is 6.61 Å². The third kappa shape index (κ3) is 4.18. The fourth-order valence-electron chi connectivity index (χ4n) is 4.23. The van der Waals surface area contributed by atoms with Crippen LogP contribution in [0.3, 0.4) is 0 Å². The molecular weight excluding hydrogens is 413 g/mol. The number of benzene rings is 1. The zero-order chi connectivity index (χ0) is 21.3. The molecule has 3 aliphatic carbocycles. The summed E-state index contributed by atoms with van der Waals surface area (Å²) in [6, 6.07) is 7.30. The van der Waals surface area contributed by atoms with Crippen molar-refractivity contribution in [3.05, 3.63) is 53.1 Å². The third-order valence-corrected chi connectivity index (χ3v) is 5.98. The van der Waals surface area contributed by atoms with E-state index >= 15 is 0 Å². The summed E-state index contributed by atoms with van der Waals surface area (Å²) in [6.07, 6.45) is 3.75. The van der Waals surface area contributed by atoms with Gasteiger partial charge in [-0.2, -0.15) is 0 Å². The molecule has 3 fully saturated rings. The molecule has 1 aromatic carbocycles. The van der Waals surface area contributed by atoms with Crippen molar-refractivity contribution in [1.29, 1.82) is 0 Å². The second-order valence-electron chi connectivity index (χ2n) is 7.73. The van der Waals surface area contributed by atoms with Crippen LogP contribution < -0.4 is 20.1 Å². The molecule has 0 saturated heterocycles. The van der Waals surface area contributed by atoms with Crippen molar-refractivity contribution < 1.29 is 23.5 Å². The fraction of sp³-hybridized carbons (Fsp3) is 0.381. The second kappa shape index (κ2) is 8.10. The number of nitrogens with one attached hydrogen (secondary N) is 2. The summed E-state index contributed by atoms with van der Waals surface area (Å²) >= 11 is 5.63. The molecular formula is C21H21ClFN3O4. The minimum atomic E-state index is -0.601. The molecule has 0 unspecified atom stereocenters. The smallest absolute Gasteiger partial charge is 0.270 e. The third-order valence-electron chi connectivity index (χ3n) is 5.67. The Balaban J connectivity index is 1.27. The van der Waals surface area contributed by atoms with Gasteiger partial charge < -0.3 is 20.1 Å². The zero-order valence-corrected chi connectivity index (χ0v) is 17.0. The molecule has 5 rings (SSSR count). The molecule has 30 heavy (non-hydrogen) atoms. The highest BCUT2D eigenvalue weighted by molar-refractivity contribution is 6.30. The number of fused-ring (bicyclic) bond motifs is 1. The van der Waals surface area contributed by atoms with Crippen molar-refractivity contribution in [3.8, 4) is 11.5 Å². The van der Waals surface area contributed by atoms with E-state index in [1.54, 1.807) is 12.1 Å². The number of ether oxygens (including phenoxy) is 2. The van der Waals surface area contributed by atoms with E-state index in [0.717, 1.165) is 18.9 Å². The van der Waals surface area contributed by atoms with Crippen LogP contribution in [-0.2, 0) is 4.79 Å². The lowest BCUT2D eigenvalue weighted by molar-refractivity contribution is -0.125. The van der Waals surface area contributed by atoms with E-state index in [0.29, 0.717) is 23.8 Å². The first-order valence-corrected chi connectivity index (χ1v) is 9.95. The van der Waals surface area contributed by atoms with Crippen molar-refractivity contribution in [2.75, 3.05) is 13.7 Å². The number of rotatable bonds is 7. The van der Waals surface area contributed by atoms with Crippen LogP contribution >= 0.6 is 11.6 Å². The average Bonchev–Trinajstić information content (AvgIpc) is 3.22. The van der Waals surface area contributed by atoms with Crippen molar-refractivity contribution in [3.63, 3.8) is 0 Å². The molecule has 1 heterocycles. The van der Waals surface area contributed by atoms with Crippen LogP contribution in [0.25, 0.3) is 0 Å². The Kier molecular flexibility index (Phi) is 5.51. The summed E-state index contributed by atoms with van der Waals surface area (Å²) in [7, 11) is 1.54. The van der Waals surface area contributed by atoms with E-state index in [4.69, 9.17) is 21.1 Å². The van der Waals surface area contributed by atoms with E-state index in [-0.39, 0.29) is 40.8 Å². The quantitative estimate of drug-likeness (QED) is 0.700. The van der Waals surface area contributed by atoms with Gasteiger partial charge in [-0.15, -0.1) is 0 Å². The molecule has 9 heteroatoms. The summed E-state index contributed by atoms with van der Waals surface area (Å²) in [5.41, 5.74) is -0.0108. The van der Waals surface area contributed by atoms with Crippen LogP contribution in [0.4, 0.5) is 4.39 Å². The Morgan fingerprint density at radius 2 is 2.00 bits per heavy atom. The maximum atomic E-state index is 13.4. The molecule has 158 valence electrons. The summed E-state index contributed by atoms with van der Waals surface area (Å²) < 4.78 is 23.8. The van der Waals surface area contributed by atoms with Crippen LogP contribution in [0.15, 0.2) is 36.5 Å². The Hall–Kier alpha value is -2.87. The lowest BCUT2D eigenvalue weighted by Gasteiger charge is -2.39. The van der Waals surface area contributed by atoms with Crippen LogP contribution in [0, 0.1) is 11.7 Å². The van der Waals surface area contributed by atoms with Gasteiger partial charge in [0.2, 0.25) is 0 Å². The van der Waals surface area contributed by atoms with Crippen LogP contribution in [0.1, 0.15) is 29.8 Å². The summed E-state index contributed by atoms with van der Waals surface area (Å²) in [5.74, 6) is 0.00590. The van der Waals surface area contributed by atoms with Gasteiger partial charge in [-0.1, -0.05) is 11.6 Å². The fourth-order valence-corrected chi connectivity index (χ4v) is 4.35. The first-order valence-electron chi connectivity index (χ1n) is 9.57. The predicted molar refractivity (Wildman–Crippen MR) is 107 cm³/mol. The maximum Gasteiger partial charge on any atom is 0.270 e. The standard InChI is InChI=1S/C21H21ClFN3O4/c1-29-14-3-5-17(24-10-14)20(28)25-18-9-21(7-12(18)8-21)26-19(27)11-30-13-2-4-15(22)16(23)6-13/h2-6,10,12,18H,7-9,11H2,1H3,(H,25,28)(H,26,27)/t12?,18-,21?/m1/s1. The Morgan fingerprint density at radius 1 is 1.23 bits per heavy atom. The highest BCUT2D eigenvalue weighted by atomic mass is 35.5. The van der Waals surface area contributed by atoms with Gasteiger partial charge in [0, 0.05) is 17.6 Å². The molecule has 3 saturated carbocycles. The molecule has 2 aromatic rings. The van der Waals surface area contributed by atoms with Crippen LogP contribution in [-0.4, -0.2) is 42.1 Å². The molecule has 3 aliphatic rings. The number of carbonyl (C=O) groups excluding carboxylic acids is 2. The minimum Gasteiger partial charge on any atom is -0.495 e. The lowest BCUT2D eigenvalue weighted by Crippen LogP contribution is -2.53. The monoisotopic (exact) mass is 433 g/mol. The molecule has 7 nitrogen and oxygen atoms in total. The molecule has 0 radical (unpaired) electrons. The summed E-state index contributed by atoms with van der Waals surface area (Å²) in [5, 5.41) is 6.02. The highest BCUT2D eigenvalue weighted by Gasteiger charge is 2.57. The summed E-state index contributed by atoms with van der Waals surface area (Å²) in [4.78, 5) is 28.8. The van der Waals surface area contributed by atoms with Crippen molar-refractivity contribution in [2.45, 2.75) is 30.8 Å². The SMILES string of the molecule is COc1ccc(C(=O)N[C@@H]2CC3(NC(=O)COc4ccc(Cl)c(F)c4)CC2C3)nc1. The number of hydrogen-bond donors (Lipinski definition) is 2. The molecule has 2 N–H and O–H groups in total. The first-order chi connectivity index (χ1) is 14.4. The van der Waals surface area contributed by atoms with Crippen molar-refractivity contribution >= 4 is 23.4 Å². The highest BCUT2D eigenvalue weighted by Crippen LogP contribution is 2.52. The number of hydrogen-bond acceptors (Lipinski definition) is 5. The van der Waals surface area contributed by atoms with E-state index in [1.165, 1.54) is 25.4 Å². The summed E-state index contributed by atoms with van der Waals surface area (Å²) in [6.45, 7) is -0.222. The van der Waals surface area contributed by atoms with Crippen LogP contribution in [0.2, 0.25) is 5.02 Å². The normalized spacial score (nSPS) is 24.0. The van der Waals surface area contributed by atoms with Gasteiger partial charge in [0.25, 0.3) is 11.8 Å². The van der Waals surface area contributed by atoms with Crippen LogP contribution in [0.5, 0.6) is 11.5 Å². The van der Waals surface area contributed by atoms with Gasteiger partial charge in [0.1, 0.15) is 23.0 Å².